The molecule has 0 atom stereocenters. The Bertz CT molecular complexity index is 1290. The number of methoxy groups -OCH3 is 1. The minimum absolute atomic E-state index is 0.0408. The van der Waals surface area contributed by atoms with Crippen LogP contribution < -0.4 is 14.4 Å². The average molecular weight is 445 g/mol. The van der Waals surface area contributed by atoms with Gasteiger partial charge in [-0.2, -0.15) is 8.78 Å². The number of amides is 2. The minimum atomic E-state index is -3.29. The van der Waals surface area contributed by atoms with Crippen molar-refractivity contribution < 1.29 is 42.1 Å². The molecule has 0 unspecified atom stereocenters. The van der Waals surface area contributed by atoms with Crippen molar-refractivity contribution in [1.82, 2.24) is 0 Å². The van der Waals surface area contributed by atoms with E-state index in [9.17, 15) is 27.6 Å². The van der Waals surface area contributed by atoms with Gasteiger partial charge in [0.1, 0.15) is 17.3 Å². The van der Waals surface area contributed by atoms with Crippen LogP contribution in [0.25, 0.3) is 10.8 Å². The van der Waals surface area contributed by atoms with Crippen LogP contribution in [0.2, 0.25) is 0 Å². The molecular formula is C22H14F3NO6. The molecule has 10 heteroatoms. The standard InChI is InChI=1S/C22H14F3NO6/c1-31-18-11-4-2-3-5-12(11)19(32-22(24)25)17-16(18)20(29)26(21(17)30)14-7-6-10(8-13(14)23)9-15(27)28/h2-8,22H,9H2,1H3,(H,27,28). The second kappa shape index (κ2) is 7.88. The molecule has 7 nitrogen and oxygen atoms in total. The molecule has 164 valence electrons. The van der Waals surface area contributed by atoms with Crippen LogP contribution in [0.5, 0.6) is 11.5 Å². The number of carboxylic acids is 1. The molecule has 1 N–H and O–H groups in total. The number of anilines is 1. The second-order valence-electron chi connectivity index (χ2n) is 6.84. The van der Waals surface area contributed by atoms with Crippen LogP contribution in [0, 0.1) is 5.82 Å². The molecular weight excluding hydrogens is 431 g/mol. The van der Waals surface area contributed by atoms with E-state index in [1.54, 1.807) is 6.07 Å². The van der Waals surface area contributed by atoms with Gasteiger partial charge >= 0.3 is 12.6 Å². The Hall–Kier alpha value is -4.08. The summed E-state index contributed by atoms with van der Waals surface area (Å²) in [5.41, 5.74) is -1.15. The highest BCUT2D eigenvalue weighted by Crippen LogP contribution is 2.46. The van der Waals surface area contributed by atoms with Crippen LogP contribution in [-0.4, -0.2) is 36.6 Å². The van der Waals surface area contributed by atoms with Gasteiger partial charge in [0.15, 0.2) is 0 Å². The molecule has 0 bridgehead atoms. The highest BCUT2D eigenvalue weighted by Gasteiger charge is 2.44. The van der Waals surface area contributed by atoms with E-state index in [0.29, 0.717) is 4.90 Å². The van der Waals surface area contributed by atoms with Gasteiger partial charge in [-0.3, -0.25) is 14.4 Å². The van der Waals surface area contributed by atoms with Crippen molar-refractivity contribution in [3.63, 3.8) is 0 Å². The third-order valence-electron chi connectivity index (χ3n) is 4.97. The van der Waals surface area contributed by atoms with Gasteiger partial charge in [0.25, 0.3) is 11.8 Å². The van der Waals surface area contributed by atoms with E-state index in [-0.39, 0.29) is 27.6 Å². The van der Waals surface area contributed by atoms with Crippen molar-refractivity contribution in [2.75, 3.05) is 12.0 Å². The lowest BCUT2D eigenvalue weighted by Crippen LogP contribution is -2.30. The predicted molar refractivity (Wildman–Crippen MR) is 106 cm³/mol. The molecule has 1 aliphatic rings. The number of rotatable bonds is 6. The molecule has 32 heavy (non-hydrogen) atoms. The second-order valence-corrected chi connectivity index (χ2v) is 6.84. The number of carbonyl (C=O) groups excluding carboxylic acids is 2. The normalized spacial score (nSPS) is 13.1. The van der Waals surface area contributed by atoms with Gasteiger partial charge in [0, 0.05) is 10.8 Å². The smallest absolute Gasteiger partial charge is 0.387 e. The number of carbonyl (C=O) groups is 3. The van der Waals surface area contributed by atoms with E-state index in [2.05, 4.69) is 4.74 Å². The van der Waals surface area contributed by atoms with Gasteiger partial charge in [-0.25, -0.2) is 9.29 Å². The summed E-state index contributed by atoms with van der Waals surface area (Å²) in [4.78, 5) is 37.8. The third-order valence-corrected chi connectivity index (χ3v) is 4.97. The van der Waals surface area contributed by atoms with Gasteiger partial charge in [0.2, 0.25) is 0 Å². The number of benzene rings is 3. The summed E-state index contributed by atoms with van der Waals surface area (Å²) in [5.74, 6) is -4.84. The maximum atomic E-state index is 14.8. The Balaban J connectivity index is 1.94. The Morgan fingerprint density at radius 1 is 1.03 bits per heavy atom. The first-order valence-electron chi connectivity index (χ1n) is 9.21. The Morgan fingerprint density at radius 3 is 2.16 bits per heavy atom. The van der Waals surface area contributed by atoms with Gasteiger partial charge in [-0.15, -0.1) is 0 Å². The Labute approximate surface area is 178 Å². The molecule has 0 saturated heterocycles. The monoisotopic (exact) mass is 445 g/mol. The summed E-state index contributed by atoms with van der Waals surface area (Å²) in [6, 6.07) is 9.27. The van der Waals surface area contributed by atoms with Crippen LogP contribution in [0.15, 0.2) is 42.5 Å². The van der Waals surface area contributed by atoms with Crippen LogP contribution in [-0.2, 0) is 11.2 Å². The number of fused-ring (bicyclic) bond motifs is 2. The summed E-state index contributed by atoms with van der Waals surface area (Å²) >= 11 is 0. The summed E-state index contributed by atoms with van der Waals surface area (Å²) in [6.45, 7) is -3.29. The number of imide groups is 1. The zero-order chi connectivity index (χ0) is 23.2. The molecule has 0 fully saturated rings. The topological polar surface area (TPSA) is 93.1 Å². The number of nitrogens with zero attached hydrogens (tertiary/aromatic N) is 1. The van der Waals surface area contributed by atoms with E-state index in [1.807, 2.05) is 0 Å². The molecule has 0 radical (unpaired) electrons. The number of alkyl halides is 2. The lowest BCUT2D eigenvalue weighted by Gasteiger charge is -2.15. The number of halogens is 3. The molecule has 1 heterocycles. The fourth-order valence-corrected chi connectivity index (χ4v) is 3.76. The van der Waals surface area contributed by atoms with Crippen molar-refractivity contribution in [2.45, 2.75) is 13.0 Å². The first-order chi connectivity index (χ1) is 15.2. The van der Waals surface area contributed by atoms with Crippen molar-refractivity contribution in [3.8, 4) is 11.5 Å². The fourth-order valence-electron chi connectivity index (χ4n) is 3.76. The molecule has 2 amide bonds. The maximum Gasteiger partial charge on any atom is 0.387 e. The quantitative estimate of drug-likeness (QED) is 0.577. The fraction of sp³-hybridized carbons (Fsp3) is 0.136. The number of hydrogen-bond donors (Lipinski definition) is 1. The minimum Gasteiger partial charge on any atom is -0.495 e. The first kappa shape index (κ1) is 21.2. The van der Waals surface area contributed by atoms with Gasteiger partial charge in [0.05, 0.1) is 30.3 Å². The van der Waals surface area contributed by atoms with Gasteiger partial charge in [-0.05, 0) is 17.7 Å². The van der Waals surface area contributed by atoms with E-state index >= 15 is 0 Å². The van der Waals surface area contributed by atoms with Crippen molar-refractivity contribution in [1.29, 1.82) is 0 Å². The molecule has 4 rings (SSSR count). The van der Waals surface area contributed by atoms with Gasteiger partial charge < -0.3 is 14.6 Å². The first-order valence-corrected chi connectivity index (χ1v) is 9.21. The molecule has 3 aromatic carbocycles. The van der Waals surface area contributed by atoms with E-state index in [4.69, 9.17) is 9.84 Å². The average Bonchev–Trinajstić information content (AvgIpc) is 2.98. The lowest BCUT2D eigenvalue weighted by atomic mass is 9.99. The number of ether oxygens (including phenoxy) is 2. The number of carboxylic acid groups (broad SMARTS) is 1. The van der Waals surface area contributed by atoms with Gasteiger partial charge in [-0.1, -0.05) is 30.3 Å². The predicted octanol–water partition coefficient (Wildman–Crippen LogP) is 4.02. The highest BCUT2D eigenvalue weighted by atomic mass is 19.3. The van der Waals surface area contributed by atoms with Crippen LogP contribution >= 0.6 is 0 Å². The summed E-state index contributed by atoms with van der Waals surface area (Å²) in [7, 11) is 1.25. The Kier molecular flexibility index (Phi) is 5.21. The zero-order valence-corrected chi connectivity index (χ0v) is 16.4. The molecule has 0 saturated carbocycles. The molecule has 0 spiro atoms. The molecule has 0 aliphatic carbocycles. The Morgan fingerprint density at radius 2 is 1.62 bits per heavy atom. The van der Waals surface area contributed by atoms with Crippen molar-refractivity contribution in [3.05, 3.63) is 65.0 Å². The van der Waals surface area contributed by atoms with E-state index in [0.717, 1.165) is 12.1 Å². The van der Waals surface area contributed by atoms with E-state index < -0.39 is 53.6 Å². The molecule has 1 aliphatic heterocycles. The van der Waals surface area contributed by atoms with Crippen LogP contribution in [0.3, 0.4) is 0 Å². The largest absolute Gasteiger partial charge is 0.495 e. The maximum absolute atomic E-state index is 14.8. The van der Waals surface area contributed by atoms with E-state index in [1.165, 1.54) is 31.4 Å². The number of aliphatic carboxylic acids is 1. The van der Waals surface area contributed by atoms with Crippen molar-refractivity contribution in [2.24, 2.45) is 0 Å². The highest BCUT2D eigenvalue weighted by molar-refractivity contribution is 6.38. The molecule has 3 aromatic rings. The third kappa shape index (κ3) is 3.29. The summed E-state index contributed by atoms with van der Waals surface area (Å²) in [5, 5.41) is 9.23. The summed E-state index contributed by atoms with van der Waals surface area (Å²) < 4.78 is 51.1. The summed E-state index contributed by atoms with van der Waals surface area (Å²) in [6.07, 6.45) is -0.467. The zero-order valence-electron chi connectivity index (χ0n) is 16.4. The molecule has 0 aromatic heterocycles. The van der Waals surface area contributed by atoms with Crippen LogP contribution in [0.1, 0.15) is 26.3 Å². The van der Waals surface area contributed by atoms with Crippen LogP contribution in [0.4, 0.5) is 18.9 Å². The SMILES string of the molecule is COc1c2c(c(OC(F)F)c3ccccc13)C(=O)N(c1ccc(CC(=O)O)cc1F)C2=O. The number of hydrogen-bond acceptors (Lipinski definition) is 5. The van der Waals surface area contributed by atoms with Crippen molar-refractivity contribution >= 4 is 34.2 Å². The lowest BCUT2D eigenvalue weighted by molar-refractivity contribution is -0.136.